The molecule has 0 saturated heterocycles. The third kappa shape index (κ3) is 3.78. The Balaban J connectivity index is 1.80. The van der Waals surface area contributed by atoms with E-state index in [1.54, 1.807) is 6.07 Å². The van der Waals surface area contributed by atoms with Crippen molar-refractivity contribution in [3.8, 4) is 0 Å². The molecule has 98 valence electrons. The second-order valence-electron chi connectivity index (χ2n) is 4.67. The van der Waals surface area contributed by atoms with Crippen LogP contribution in [0.1, 0.15) is 31.4 Å². The molecule has 1 aromatic rings. The van der Waals surface area contributed by atoms with Crippen LogP contribution in [0.15, 0.2) is 16.6 Å². The molecule has 18 heavy (non-hydrogen) atoms. The number of anilines is 1. The molecule has 0 bridgehead atoms. The van der Waals surface area contributed by atoms with E-state index in [1.807, 2.05) is 13.0 Å². The number of carbonyl (C=O) groups is 1. The Labute approximate surface area is 116 Å². The maximum atomic E-state index is 11.7. The Hall–Kier alpha value is -0.940. The predicted octanol–water partition coefficient (Wildman–Crippen LogP) is 2.62. The number of carbonyl (C=O) groups excluding carboxylic acids is 1. The van der Waals surface area contributed by atoms with Gasteiger partial charge in [0.15, 0.2) is 0 Å². The third-order valence-corrected chi connectivity index (χ3v) is 4.03. The minimum Gasteiger partial charge on any atom is -0.310 e. The van der Waals surface area contributed by atoms with E-state index in [1.165, 1.54) is 25.7 Å². The van der Waals surface area contributed by atoms with Crippen molar-refractivity contribution in [3.63, 3.8) is 0 Å². The van der Waals surface area contributed by atoms with Crippen LogP contribution in [0.2, 0.25) is 0 Å². The molecule has 1 aliphatic carbocycles. The summed E-state index contributed by atoms with van der Waals surface area (Å²) in [5, 5.41) is 6.08. The van der Waals surface area contributed by atoms with Crippen molar-refractivity contribution in [2.45, 2.75) is 38.6 Å². The highest BCUT2D eigenvalue weighted by Crippen LogP contribution is 2.18. The highest BCUT2D eigenvalue weighted by molar-refractivity contribution is 9.10. The number of aryl methyl sites for hydroxylation is 1. The second kappa shape index (κ2) is 6.29. The number of pyridine rings is 1. The number of aromatic nitrogens is 1. The molecule has 4 nitrogen and oxygen atoms in total. The Kier molecular flexibility index (Phi) is 4.72. The van der Waals surface area contributed by atoms with Gasteiger partial charge in [-0.15, -0.1) is 0 Å². The standard InChI is InChI=1S/C13H18BrN3O/c1-9-11(14)6-7-12(16-9)17-13(18)8-15-10-4-2-3-5-10/h6-7,10,15H,2-5,8H2,1H3,(H,16,17,18). The van der Waals surface area contributed by atoms with E-state index in [0.717, 1.165) is 10.2 Å². The molecule has 1 fully saturated rings. The van der Waals surface area contributed by atoms with Crippen LogP contribution < -0.4 is 10.6 Å². The summed E-state index contributed by atoms with van der Waals surface area (Å²) in [5.74, 6) is 0.574. The van der Waals surface area contributed by atoms with E-state index in [0.29, 0.717) is 18.4 Å². The van der Waals surface area contributed by atoms with E-state index in [2.05, 4.69) is 31.5 Å². The van der Waals surface area contributed by atoms with Gasteiger partial charge in [0.2, 0.25) is 5.91 Å². The number of nitrogens with one attached hydrogen (secondary N) is 2. The minimum absolute atomic E-state index is 0.0314. The van der Waals surface area contributed by atoms with Crippen molar-refractivity contribution in [1.29, 1.82) is 0 Å². The van der Waals surface area contributed by atoms with Gasteiger partial charge in [-0.1, -0.05) is 12.8 Å². The Morgan fingerprint density at radius 3 is 2.83 bits per heavy atom. The summed E-state index contributed by atoms with van der Waals surface area (Å²) >= 11 is 3.38. The fourth-order valence-electron chi connectivity index (χ4n) is 2.17. The molecular weight excluding hydrogens is 294 g/mol. The monoisotopic (exact) mass is 311 g/mol. The van der Waals surface area contributed by atoms with Crippen molar-refractivity contribution in [1.82, 2.24) is 10.3 Å². The molecule has 0 radical (unpaired) electrons. The molecule has 1 saturated carbocycles. The molecule has 0 atom stereocenters. The predicted molar refractivity (Wildman–Crippen MR) is 75.6 cm³/mol. The zero-order valence-corrected chi connectivity index (χ0v) is 12.1. The van der Waals surface area contributed by atoms with E-state index in [4.69, 9.17) is 0 Å². The number of rotatable bonds is 4. The van der Waals surface area contributed by atoms with Gasteiger partial charge in [-0.25, -0.2) is 4.98 Å². The third-order valence-electron chi connectivity index (χ3n) is 3.20. The normalized spacial score (nSPS) is 15.9. The largest absolute Gasteiger partial charge is 0.310 e. The maximum absolute atomic E-state index is 11.7. The summed E-state index contributed by atoms with van der Waals surface area (Å²) in [7, 11) is 0. The van der Waals surface area contributed by atoms with Crippen molar-refractivity contribution < 1.29 is 4.79 Å². The van der Waals surface area contributed by atoms with Gasteiger partial charge in [-0.3, -0.25) is 4.79 Å². The van der Waals surface area contributed by atoms with Crippen molar-refractivity contribution in [2.75, 3.05) is 11.9 Å². The molecule has 1 aliphatic rings. The first kappa shape index (κ1) is 13.5. The summed E-state index contributed by atoms with van der Waals surface area (Å²) < 4.78 is 0.949. The minimum atomic E-state index is -0.0314. The van der Waals surface area contributed by atoms with Gasteiger partial charge in [0, 0.05) is 10.5 Å². The zero-order valence-electron chi connectivity index (χ0n) is 10.5. The summed E-state index contributed by atoms with van der Waals surface area (Å²) in [5.41, 5.74) is 0.872. The van der Waals surface area contributed by atoms with E-state index in [9.17, 15) is 4.79 Å². The molecule has 0 unspecified atom stereocenters. The molecule has 2 N–H and O–H groups in total. The van der Waals surface area contributed by atoms with Gasteiger partial charge in [-0.2, -0.15) is 0 Å². The van der Waals surface area contributed by atoms with E-state index in [-0.39, 0.29) is 5.91 Å². The quantitative estimate of drug-likeness (QED) is 0.898. The number of nitrogens with zero attached hydrogens (tertiary/aromatic N) is 1. The number of amides is 1. The van der Waals surface area contributed by atoms with Gasteiger partial charge in [0.05, 0.1) is 12.2 Å². The lowest BCUT2D eigenvalue weighted by atomic mass is 10.2. The molecule has 1 amide bonds. The zero-order chi connectivity index (χ0) is 13.0. The van der Waals surface area contributed by atoms with Crippen LogP contribution >= 0.6 is 15.9 Å². The first-order valence-electron chi connectivity index (χ1n) is 6.31. The van der Waals surface area contributed by atoms with Crippen LogP contribution in [0.4, 0.5) is 5.82 Å². The molecule has 1 aromatic heterocycles. The second-order valence-corrected chi connectivity index (χ2v) is 5.53. The van der Waals surface area contributed by atoms with Crippen LogP contribution in [-0.2, 0) is 4.79 Å². The van der Waals surface area contributed by atoms with E-state index < -0.39 is 0 Å². The highest BCUT2D eigenvalue weighted by Gasteiger charge is 2.15. The van der Waals surface area contributed by atoms with Gasteiger partial charge in [-0.05, 0) is 47.8 Å². The first-order valence-corrected chi connectivity index (χ1v) is 7.11. The van der Waals surface area contributed by atoms with Crippen molar-refractivity contribution >= 4 is 27.7 Å². The Morgan fingerprint density at radius 2 is 2.17 bits per heavy atom. The molecule has 2 rings (SSSR count). The van der Waals surface area contributed by atoms with Gasteiger partial charge in [0.25, 0.3) is 0 Å². The lowest BCUT2D eigenvalue weighted by Crippen LogP contribution is -2.34. The fraction of sp³-hybridized carbons (Fsp3) is 0.538. The van der Waals surface area contributed by atoms with Gasteiger partial charge in [0.1, 0.15) is 5.82 Å². The average molecular weight is 312 g/mol. The Bertz CT molecular complexity index is 430. The summed E-state index contributed by atoms with van der Waals surface area (Å²) in [4.78, 5) is 16.0. The van der Waals surface area contributed by atoms with Crippen LogP contribution in [0.5, 0.6) is 0 Å². The number of hydrogen-bond acceptors (Lipinski definition) is 3. The average Bonchev–Trinajstić information content (AvgIpc) is 2.84. The highest BCUT2D eigenvalue weighted by atomic mass is 79.9. The maximum Gasteiger partial charge on any atom is 0.239 e. The first-order chi connectivity index (χ1) is 8.65. The molecule has 0 aliphatic heterocycles. The SMILES string of the molecule is Cc1nc(NC(=O)CNC2CCCC2)ccc1Br. The Morgan fingerprint density at radius 1 is 1.44 bits per heavy atom. The van der Waals surface area contributed by atoms with E-state index >= 15 is 0 Å². The van der Waals surface area contributed by atoms with Crippen LogP contribution in [-0.4, -0.2) is 23.5 Å². The topological polar surface area (TPSA) is 54.0 Å². The van der Waals surface area contributed by atoms with Crippen molar-refractivity contribution in [2.24, 2.45) is 0 Å². The number of halogens is 1. The molecule has 0 spiro atoms. The van der Waals surface area contributed by atoms with Crippen LogP contribution in [0, 0.1) is 6.92 Å². The van der Waals surface area contributed by atoms with Crippen LogP contribution in [0.3, 0.4) is 0 Å². The number of hydrogen-bond donors (Lipinski definition) is 2. The van der Waals surface area contributed by atoms with Gasteiger partial charge >= 0.3 is 0 Å². The fourth-order valence-corrected chi connectivity index (χ4v) is 2.39. The smallest absolute Gasteiger partial charge is 0.239 e. The molecule has 1 heterocycles. The molecule has 5 heteroatoms. The lowest BCUT2D eigenvalue weighted by Gasteiger charge is -2.11. The lowest BCUT2D eigenvalue weighted by molar-refractivity contribution is -0.115. The van der Waals surface area contributed by atoms with Gasteiger partial charge < -0.3 is 10.6 Å². The van der Waals surface area contributed by atoms with Crippen LogP contribution in [0.25, 0.3) is 0 Å². The molecule has 0 aromatic carbocycles. The summed E-state index contributed by atoms with van der Waals surface area (Å²) in [6.45, 7) is 2.26. The van der Waals surface area contributed by atoms with Crippen molar-refractivity contribution in [3.05, 3.63) is 22.3 Å². The molecular formula is C13H18BrN3O. The summed E-state index contributed by atoms with van der Waals surface area (Å²) in [6, 6.07) is 4.20. The summed E-state index contributed by atoms with van der Waals surface area (Å²) in [6.07, 6.45) is 4.91.